The summed E-state index contributed by atoms with van der Waals surface area (Å²) in [7, 11) is 0. The molecule has 0 radical (unpaired) electrons. The van der Waals surface area contributed by atoms with Gasteiger partial charge in [-0.1, -0.05) is 12.1 Å². The van der Waals surface area contributed by atoms with Crippen LogP contribution in [0.15, 0.2) is 18.2 Å². The molecule has 0 bridgehead atoms. The zero-order chi connectivity index (χ0) is 8.67. The van der Waals surface area contributed by atoms with Gasteiger partial charge in [-0.2, -0.15) is 0 Å². The first kappa shape index (κ1) is 7.39. The fraction of sp³-hybridized carbons (Fsp3) is 0.455. The molecule has 1 unspecified atom stereocenters. The second-order valence-electron chi connectivity index (χ2n) is 3.70. The quantitative estimate of drug-likeness (QED) is 0.638. The molecule has 0 aromatic heterocycles. The van der Waals surface area contributed by atoms with Crippen molar-refractivity contribution >= 4 is 0 Å². The lowest BCUT2D eigenvalue weighted by atomic mass is 10.1. The van der Waals surface area contributed by atoms with Crippen molar-refractivity contribution in [2.75, 3.05) is 13.2 Å². The summed E-state index contributed by atoms with van der Waals surface area (Å²) in [5.41, 5.74) is 2.74. The second kappa shape index (κ2) is 2.74. The summed E-state index contributed by atoms with van der Waals surface area (Å²) in [4.78, 5) is 0. The van der Waals surface area contributed by atoms with E-state index in [0.717, 1.165) is 31.8 Å². The van der Waals surface area contributed by atoms with E-state index in [4.69, 9.17) is 9.47 Å². The minimum Gasteiger partial charge on any atom is -0.493 e. The van der Waals surface area contributed by atoms with Gasteiger partial charge in [-0.15, -0.1) is 0 Å². The van der Waals surface area contributed by atoms with Crippen LogP contribution in [0.3, 0.4) is 0 Å². The lowest BCUT2D eigenvalue weighted by molar-refractivity contribution is 0.356. The maximum absolute atomic E-state index is 5.44. The fourth-order valence-electron chi connectivity index (χ4n) is 1.82. The van der Waals surface area contributed by atoms with Crippen molar-refractivity contribution in [2.45, 2.75) is 18.9 Å². The third-order valence-corrected chi connectivity index (χ3v) is 2.62. The Bertz CT molecular complexity index is 329. The molecule has 1 aromatic rings. The summed E-state index contributed by atoms with van der Waals surface area (Å²) in [6.07, 6.45) is 2.61. The maximum Gasteiger partial charge on any atom is 0.122 e. The number of benzene rings is 1. The first-order valence-electron chi connectivity index (χ1n) is 4.78. The van der Waals surface area contributed by atoms with Gasteiger partial charge in [0.15, 0.2) is 0 Å². The van der Waals surface area contributed by atoms with E-state index in [1.165, 1.54) is 11.1 Å². The predicted octanol–water partition coefficient (Wildman–Crippen LogP) is 1.56. The Labute approximate surface area is 77.5 Å². The van der Waals surface area contributed by atoms with Crippen LogP contribution in [0.2, 0.25) is 0 Å². The molecule has 1 saturated heterocycles. The van der Waals surface area contributed by atoms with Crippen LogP contribution in [0.4, 0.5) is 0 Å². The summed E-state index contributed by atoms with van der Waals surface area (Å²) in [6, 6.07) is 6.48. The van der Waals surface area contributed by atoms with Gasteiger partial charge in [0.25, 0.3) is 0 Å². The molecule has 2 heterocycles. The van der Waals surface area contributed by atoms with Gasteiger partial charge in [0.05, 0.1) is 19.3 Å². The van der Waals surface area contributed by atoms with Gasteiger partial charge >= 0.3 is 0 Å². The Hall–Kier alpha value is -1.02. The topological polar surface area (TPSA) is 21.8 Å². The molecule has 2 nitrogen and oxygen atoms in total. The van der Waals surface area contributed by atoms with Gasteiger partial charge in [-0.05, 0) is 17.2 Å². The largest absolute Gasteiger partial charge is 0.493 e. The number of ether oxygens (including phenoxy) is 2. The Morgan fingerprint density at radius 3 is 3.15 bits per heavy atom. The standard InChI is InChI=1S/C11H12O2/c1-2-11-9(3-4-12-11)5-8(1)6-10-7-13-10/h1-2,5,10H,3-4,6-7H2. The van der Waals surface area contributed by atoms with Crippen molar-refractivity contribution in [1.82, 2.24) is 0 Å². The SMILES string of the molecule is c1cc2c(cc1CC1CO1)CCO2. The Morgan fingerprint density at radius 2 is 2.31 bits per heavy atom. The summed E-state index contributed by atoms with van der Waals surface area (Å²) in [5, 5.41) is 0. The molecule has 2 aliphatic rings. The molecule has 0 aliphatic carbocycles. The predicted molar refractivity (Wildman–Crippen MR) is 49.1 cm³/mol. The highest BCUT2D eigenvalue weighted by Crippen LogP contribution is 2.27. The third kappa shape index (κ3) is 1.42. The number of hydrogen-bond donors (Lipinski definition) is 0. The zero-order valence-corrected chi connectivity index (χ0v) is 7.45. The molecule has 3 rings (SSSR count). The number of hydrogen-bond acceptors (Lipinski definition) is 2. The highest BCUT2D eigenvalue weighted by Gasteiger charge is 2.23. The summed E-state index contributed by atoms with van der Waals surface area (Å²) in [5.74, 6) is 1.07. The van der Waals surface area contributed by atoms with Crippen LogP contribution in [0.25, 0.3) is 0 Å². The highest BCUT2D eigenvalue weighted by molar-refractivity contribution is 5.40. The van der Waals surface area contributed by atoms with Crippen LogP contribution in [0, 0.1) is 0 Å². The van der Waals surface area contributed by atoms with Crippen LogP contribution in [0.5, 0.6) is 5.75 Å². The monoisotopic (exact) mass is 176 g/mol. The van der Waals surface area contributed by atoms with E-state index < -0.39 is 0 Å². The van der Waals surface area contributed by atoms with Gasteiger partial charge in [0.2, 0.25) is 0 Å². The van der Waals surface area contributed by atoms with Crippen LogP contribution >= 0.6 is 0 Å². The molecule has 0 N–H and O–H groups in total. The lowest BCUT2D eigenvalue weighted by Gasteiger charge is -2.01. The summed E-state index contributed by atoms with van der Waals surface area (Å²) < 4.78 is 10.6. The van der Waals surface area contributed by atoms with Crippen LogP contribution < -0.4 is 4.74 Å². The molecular weight excluding hydrogens is 164 g/mol. The van der Waals surface area contributed by atoms with E-state index in [-0.39, 0.29) is 0 Å². The van der Waals surface area contributed by atoms with Gasteiger partial charge in [0, 0.05) is 12.8 Å². The first-order chi connectivity index (χ1) is 6.42. The van der Waals surface area contributed by atoms with Crippen LogP contribution in [-0.4, -0.2) is 19.3 Å². The lowest BCUT2D eigenvalue weighted by Crippen LogP contribution is -1.93. The Morgan fingerprint density at radius 1 is 1.38 bits per heavy atom. The van der Waals surface area contributed by atoms with E-state index in [0.29, 0.717) is 6.10 Å². The third-order valence-electron chi connectivity index (χ3n) is 2.62. The maximum atomic E-state index is 5.44. The summed E-state index contributed by atoms with van der Waals surface area (Å²) >= 11 is 0. The molecule has 68 valence electrons. The minimum atomic E-state index is 0.486. The fourth-order valence-corrected chi connectivity index (χ4v) is 1.82. The van der Waals surface area contributed by atoms with Gasteiger partial charge in [-0.25, -0.2) is 0 Å². The smallest absolute Gasteiger partial charge is 0.122 e. The van der Waals surface area contributed by atoms with Crippen LogP contribution in [-0.2, 0) is 17.6 Å². The highest BCUT2D eigenvalue weighted by atomic mass is 16.6. The normalized spacial score (nSPS) is 23.8. The van der Waals surface area contributed by atoms with Crippen molar-refractivity contribution in [3.05, 3.63) is 29.3 Å². The van der Waals surface area contributed by atoms with Crippen molar-refractivity contribution in [2.24, 2.45) is 0 Å². The van der Waals surface area contributed by atoms with Crippen molar-refractivity contribution in [1.29, 1.82) is 0 Å². The Kier molecular flexibility index (Phi) is 1.56. The van der Waals surface area contributed by atoms with Gasteiger partial charge < -0.3 is 9.47 Å². The van der Waals surface area contributed by atoms with Crippen molar-refractivity contribution < 1.29 is 9.47 Å². The minimum absolute atomic E-state index is 0.486. The summed E-state index contributed by atoms with van der Waals surface area (Å²) in [6.45, 7) is 1.78. The van der Waals surface area contributed by atoms with E-state index in [1.807, 2.05) is 0 Å². The molecule has 0 amide bonds. The van der Waals surface area contributed by atoms with E-state index >= 15 is 0 Å². The van der Waals surface area contributed by atoms with Crippen LogP contribution in [0.1, 0.15) is 11.1 Å². The molecule has 1 atom stereocenters. The molecule has 1 fully saturated rings. The van der Waals surface area contributed by atoms with Crippen molar-refractivity contribution in [3.8, 4) is 5.75 Å². The zero-order valence-electron chi connectivity index (χ0n) is 7.45. The van der Waals surface area contributed by atoms with E-state index in [1.54, 1.807) is 0 Å². The molecule has 0 spiro atoms. The second-order valence-corrected chi connectivity index (χ2v) is 3.70. The molecule has 2 aliphatic heterocycles. The van der Waals surface area contributed by atoms with Crippen molar-refractivity contribution in [3.63, 3.8) is 0 Å². The van der Waals surface area contributed by atoms with Gasteiger partial charge in [-0.3, -0.25) is 0 Å². The number of epoxide rings is 1. The molecule has 0 saturated carbocycles. The number of fused-ring (bicyclic) bond motifs is 1. The Balaban J connectivity index is 1.86. The average Bonchev–Trinajstić information content (AvgIpc) is 2.83. The first-order valence-corrected chi connectivity index (χ1v) is 4.78. The van der Waals surface area contributed by atoms with E-state index in [2.05, 4.69) is 18.2 Å². The molecule has 2 heteroatoms. The average molecular weight is 176 g/mol. The molecule has 1 aromatic carbocycles. The number of rotatable bonds is 2. The molecular formula is C11H12O2. The molecule has 13 heavy (non-hydrogen) atoms. The van der Waals surface area contributed by atoms with Gasteiger partial charge in [0.1, 0.15) is 5.75 Å². The van der Waals surface area contributed by atoms with E-state index in [9.17, 15) is 0 Å².